The van der Waals surface area contributed by atoms with E-state index in [1.807, 2.05) is 37.3 Å². The molecule has 1 aromatic carbocycles. The lowest BCUT2D eigenvalue weighted by Crippen LogP contribution is -2.53. The van der Waals surface area contributed by atoms with Gasteiger partial charge in [-0.1, -0.05) is 53.2 Å². The number of halogens is 1. The third-order valence-corrected chi connectivity index (χ3v) is 5.64. The zero-order valence-electron chi connectivity index (χ0n) is 12.4. The van der Waals surface area contributed by atoms with Crippen LogP contribution in [0.5, 0.6) is 0 Å². The molecule has 1 aliphatic rings. The average Bonchev–Trinajstić information content (AvgIpc) is 2.50. The first-order chi connectivity index (χ1) is 9.56. The molecule has 2 rings (SSSR count). The Hall–Kier alpha value is -0.830. The Morgan fingerprint density at radius 3 is 2.50 bits per heavy atom. The molecule has 1 atom stereocenters. The summed E-state index contributed by atoms with van der Waals surface area (Å²) in [5.74, 6) is 0.835. The Labute approximate surface area is 130 Å². The van der Waals surface area contributed by atoms with Crippen LogP contribution in [-0.2, 0) is 4.79 Å². The van der Waals surface area contributed by atoms with Crippen molar-refractivity contribution in [1.82, 2.24) is 5.32 Å². The summed E-state index contributed by atoms with van der Waals surface area (Å²) in [5.41, 5.74) is 1.03. The second-order valence-electron chi connectivity index (χ2n) is 6.22. The quantitative estimate of drug-likeness (QED) is 0.817. The van der Waals surface area contributed by atoms with Crippen LogP contribution in [-0.4, -0.2) is 16.8 Å². The van der Waals surface area contributed by atoms with Crippen molar-refractivity contribution in [2.24, 2.45) is 5.92 Å². The van der Waals surface area contributed by atoms with E-state index in [1.54, 1.807) is 0 Å². The molecule has 1 N–H and O–H groups in total. The van der Waals surface area contributed by atoms with E-state index >= 15 is 0 Å². The van der Waals surface area contributed by atoms with Crippen LogP contribution in [0.2, 0.25) is 0 Å². The Kier molecular flexibility index (Phi) is 5.25. The summed E-state index contributed by atoms with van der Waals surface area (Å²) in [6.45, 7) is 4.28. The number of amides is 1. The molecule has 1 amide bonds. The predicted octanol–water partition coefficient (Wildman–Crippen LogP) is 4.25. The minimum absolute atomic E-state index is 0.0490. The van der Waals surface area contributed by atoms with Crippen LogP contribution < -0.4 is 5.32 Å². The normalized spacial score (nSPS) is 27.9. The largest absolute Gasteiger partial charge is 0.349 e. The van der Waals surface area contributed by atoms with Gasteiger partial charge in [-0.15, -0.1) is 0 Å². The number of carbonyl (C=O) groups excluding carboxylic acids is 1. The van der Waals surface area contributed by atoms with Crippen molar-refractivity contribution < 1.29 is 4.79 Å². The van der Waals surface area contributed by atoms with Gasteiger partial charge in [0.15, 0.2) is 0 Å². The average molecular weight is 338 g/mol. The smallest absolute Gasteiger partial charge is 0.227 e. The van der Waals surface area contributed by atoms with Crippen LogP contribution in [0.15, 0.2) is 30.3 Å². The van der Waals surface area contributed by atoms with Crippen molar-refractivity contribution in [3.8, 4) is 0 Å². The van der Waals surface area contributed by atoms with Crippen molar-refractivity contribution in [3.63, 3.8) is 0 Å². The first-order valence-corrected chi connectivity index (χ1v) is 8.61. The van der Waals surface area contributed by atoms with E-state index in [2.05, 4.69) is 28.2 Å². The van der Waals surface area contributed by atoms with E-state index in [4.69, 9.17) is 0 Å². The molecule has 1 saturated carbocycles. The highest BCUT2D eigenvalue weighted by atomic mass is 79.9. The topological polar surface area (TPSA) is 29.1 Å². The molecule has 2 nitrogen and oxygen atoms in total. The molecule has 0 bridgehead atoms. The fraction of sp³-hybridized carbons (Fsp3) is 0.588. The zero-order valence-corrected chi connectivity index (χ0v) is 13.9. The van der Waals surface area contributed by atoms with E-state index in [0.29, 0.717) is 0 Å². The minimum Gasteiger partial charge on any atom is -0.349 e. The molecule has 0 saturated heterocycles. The summed E-state index contributed by atoms with van der Waals surface area (Å²) in [5, 5.41) is 4.16. The minimum atomic E-state index is -0.0912. The number of hydrogen-bond donors (Lipinski definition) is 1. The van der Waals surface area contributed by atoms with Gasteiger partial charge in [0.25, 0.3) is 0 Å². The van der Waals surface area contributed by atoms with E-state index in [1.165, 1.54) is 12.8 Å². The van der Waals surface area contributed by atoms with Crippen molar-refractivity contribution in [2.75, 3.05) is 5.33 Å². The number of alkyl halides is 1. The Bertz CT molecular complexity index is 438. The van der Waals surface area contributed by atoms with Gasteiger partial charge in [0.2, 0.25) is 5.91 Å². The summed E-state index contributed by atoms with van der Waals surface area (Å²) in [7, 11) is 0. The molecule has 0 heterocycles. The van der Waals surface area contributed by atoms with Gasteiger partial charge < -0.3 is 5.32 Å². The highest BCUT2D eigenvalue weighted by molar-refractivity contribution is 9.09. The fourth-order valence-corrected chi connectivity index (χ4v) is 3.57. The van der Waals surface area contributed by atoms with Crippen LogP contribution in [0.25, 0.3) is 0 Å². The van der Waals surface area contributed by atoms with Gasteiger partial charge in [0, 0.05) is 10.9 Å². The predicted molar refractivity (Wildman–Crippen MR) is 87.2 cm³/mol. The Morgan fingerprint density at radius 2 is 1.95 bits per heavy atom. The maximum Gasteiger partial charge on any atom is 0.227 e. The molecule has 0 aliphatic heterocycles. The van der Waals surface area contributed by atoms with Crippen LogP contribution in [0.4, 0.5) is 0 Å². The molecular weight excluding hydrogens is 314 g/mol. The lowest BCUT2D eigenvalue weighted by Gasteiger charge is -2.39. The van der Waals surface area contributed by atoms with Gasteiger partial charge in [0.1, 0.15) is 0 Å². The molecule has 1 fully saturated rings. The van der Waals surface area contributed by atoms with Gasteiger partial charge in [-0.25, -0.2) is 0 Å². The third-order valence-electron chi connectivity index (χ3n) is 4.57. The molecule has 1 aliphatic carbocycles. The number of carbonyl (C=O) groups is 1. The summed E-state index contributed by atoms with van der Waals surface area (Å²) in [6, 6.07) is 10.0. The first-order valence-electron chi connectivity index (χ1n) is 7.49. The highest BCUT2D eigenvalue weighted by Crippen LogP contribution is 2.33. The zero-order chi connectivity index (χ0) is 14.6. The molecule has 1 unspecified atom stereocenters. The standard InChI is InChI=1S/C17H24BrNO/c1-13-8-10-17(12-18,11-9-13)19-16(20)14(2)15-6-4-3-5-7-15/h3-7,13-14H,8-12H2,1-2H3,(H,19,20). The first kappa shape index (κ1) is 15.6. The number of rotatable bonds is 4. The molecule has 3 heteroatoms. The monoisotopic (exact) mass is 337 g/mol. The Morgan fingerprint density at radius 1 is 1.35 bits per heavy atom. The number of benzene rings is 1. The molecule has 1 aromatic rings. The van der Waals surface area contributed by atoms with Crippen molar-refractivity contribution in [3.05, 3.63) is 35.9 Å². The second-order valence-corrected chi connectivity index (χ2v) is 6.78. The van der Waals surface area contributed by atoms with Crippen LogP contribution >= 0.6 is 15.9 Å². The molecule has 0 radical (unpaired) electrons. The lowest BCUT2D eigenvalue weighted by atomic mass is 9.78. The van der Waals surface area contributed by atoms with Crippen LogP contribution in [0, 0.1) is 5.92 Å². The molecule has 0 spiro atoms. The van der Waals surface area contributed by atoms with Crippen LogP contribution in [0.1, 0.15) is 51.0 Å². The van der Waals surface area contributed by atoms with Crippen molar-refractivity contribution >= 4 is 21.8 Å². The summed E-state index contributed by atoms with van der Waals surface area (Å²) in [6.07, 6.45) is 4.55. The second kappa shape index (κ2) is 6.75. The summed E-state index contributed by atoms with van der Waals surface area (Å²) >= 11 is 3.61. The molecule has 110 valence electrons. The number of hydrogen-bond acceptors (Lipinski definition) is 1. The maximum atomic E-state index is 12.5. The SMILES string of the molecule is CC1CCC(CBr)(NC(=O)C(C)c2ccccc2)CC1. The van der Waals surface area contributed by atoms with Gasteiger partial charge in [-0.05, 0) is 44.1 Å². The van der Waals surface area contributed by atoms with E-state index < -0.39 is 0 Å². The van der Waals surface area contributed by atoms with Gasteiger partial charge >= 0.3 is 0 Å². The highest BCUT2D eigenvalue weighted by Gasteiger charge is 2.35. The Balaban J connectivity index is 2.02. The van der Waals surface area contributed by atoms with Gasteiger partial charge in [-0.3, -0.25) is 4.79 Å². The summed E-state index contributed by atoms with van der Waals surface area (Å²) < 4.78 is 0. The van der Waals surface area contributed by atoms with Gasteiger partial charge in [0.05, 0.1) is 5.92 Å². The van der Waals surface area contributed by atoms with E-state index in [-0.39, 0.29) is 17.4 Å². The van der Waals surface area contributed by atoms with E-state index in [0.717, 1.165) is 29.7 Å². The third kappa shape index (κ3) is 3.63. The lowest BCUT2D eigenvalue weighted by molar-refractivity contribution is -0.124. The fourth-order valence-electron chi connectivity index (χ4n) is 2.87. The summed E-state index contributed by atoms with van der Waals surface area (Å²) in [4.78, 5) is 12.5. The molecular formula is C17H24BrNO. The van der Waals surface area contributed by atoms with Crippen molar-refractivity contribution in [1.29, 1.82) is 0 Å². The van der Waals surface area contributed by atoms with Crippen molar-refractivity contribution in [2.45, 2.75) is 51.0 Å². The number of nitrogens with one attached hydrogen (secondary N) is 1. The van der Waals surface area contributed by atoms with Gasteiger partial charge in [-0.2, -0.15) is 0 Å². The van der Waals surface area contributed by atoms with Crippen LogP contribution in [0.3, 0.4) is 0 Å². The van der Waals surface area contributed by atoms with E-state index in [9.17, 15) is 4.79 Å². The maximum absolute atomic E-state index is 12.5. The molecule has 0 aromatic heterocycles. The molecule has 20 heavy (non-hydrogen) atoms.